The first kappa shape index (κ1) is 15.0. The molecule has 2 heterocycles. The number of piperazine rings is 1. The summed E-state index contributed by atoms with van der Waals surface area (Å²) >= 11 is 0. The minimum Gasteiger partial charge on any atom is -0.366 e. The number of nitrogens with zero attached hydrogens (tertiary/aromatic N) is 4. The standard InChI is InChI=1S/C17H19N5O/c18-17(23)15-6-4-14(5-7-15)13-20-22-11-9-21(10-12-22)16-3-1-2-8-19-16/h1-8,13H,9-12H2,(H2,18,23). The highest BCUT2D eigenvalue weighted by molar-refractivity contribution is 5.93. The molecule has 0 atom stereocenters. The second-order valence-corrected chi connectivity index (χ2v) is 5.36. The summed E-state index contributed by atoms with van der Waals surface area (Å²) < 4.78 is 0. The van der Waals surface area contributed by atoms with E-state index in [4.69, 9.17) is 5.73 Å². The zero-order valence-electron chi connectivity index (χ0n) is 12.8. The number of hydrogen-bond donors (Lipinski definition) is 1. The Balaban J connectivity index is 1.55. The number of aromatic nitrogens is 1. The number of hydrazone groups is 1. The number of pyridine rings is 1. The van der Waals surface area contributed by atoms with Gasteiger partial charge in [-0.15, -0.1) is 0 Å². The van der Waals surface area contributed by atoms with Crippen LogP contribution in [0.25, 0.3) is 0 Å². The number of rotatable bonds is 4. The van der Waals surface area contributed by atoms with Gasteiger partial charge >= 0.3 is 0 Å². The summed E-state index contributed by atoms with van der Waals surface area (Å²) in [5.74, 6) is 0.595. The van der Waals surface area contributed by atoms with Gasteiger partial charge in [0.1, 0.15) is 5.82 Å². The number of carbonyl (C=O) groups is 1. The summed E-state index contributed by atoms with van der Waals surface area (Å²) in [7, 11) is 0. The molecule has 1 aliphatic heterocycles. The minimum absolute atomic E-state index is 0.417. The number of nitrogens with two attached hydrogens (primary N) is 1. The lowest BCUT2D eigenvalue weighted by atomic mass is 10.1. The molecular weight excluding hydrogens is 290 g/mol. The van der Waals surface area contributed by atoms with Crippen LogP contribution >= 0.6 is 0 Å². The largest absolute Gasteiger partial charge is 0.366 e. The molecule has 3 rings (SSSR count). The van der Waals surface area contributed by atoms with E-state index < -0.39 is 5.91 Å². The smallest absolute Gasteiger partial charge is 0.248 e. The van der Waals surface area contributed by atoms with Gasteiger partial charge in [0.25, 0.3) is 0 Å². The first-order chi connectivity index (χ1) is 11.2. The zero-order valence-corrected chi connectivity index (χ0v) is 12.8. The highest BCUT2D eigenvalue weighted by Gasteiger charge is 2.16. The van der Waals surface area contributed by atoms with Crippen molar-refractivity contribution in [1.82, 2.24) is 9.99 Å². The van der Waals surface area contributed by atoms with Crippen LogP contribution in [-0.2, 0) is 0 Å². The van der Waals surface area contributed by atoms with Crippen molar-refractivity contribution >= 4 is 17.9 Å². The fraction of sp³-hybridized carbons (Fsp3) is 0.235. The van der Waals surface area contributed by atoms with E-state index >= 15 is 0 Å². The molecule has 6 nitrogen and oxygen atoms in total. The van der Waals surface area contributed by atoms with Gasteiger partial charge in [0.2, 0.25) is 5.91 Å². The highest BCUT2D eigenvalue weighted by atomic mass is 16.1. The number of carbonyl (C=O) groups excluding carboxylic acids is 1. The fourth-order valence-electron chi connectivity index (χ4n) is 2.46. The molecule has 2 N–H and O–H groups in total. The van der Waals surface area contributed by atoms with Crippen molar-refractivity contribution in [3.8, 4) is 0 Å². The van der Waals surface area contributed by atoms with Crippen molar-refractivity contribution < 1.29 is 4.79 Å². The van der Waals surface area contributed by atoms with Crippen LogP contribution in [0.15, 0.2) is 53.8 Å². The average molecular weight is 309 g/mol. The molecule has 23 heavy (non-hydrogen) atoms. The average Bonchev–Trinajstić information content (AvgIpc) is 2.61. The van der Waals surface area contributed by atoms with E-state index in [1.54, 1.807) is 18.3 Å². The molecule has 1 aromatic heterocycles. The lowest BCUT2D eigenvalue weighted by Crippen LogP contribution is -2.44. The van der Waals surface area contributed by atoms with Crippen LogP contribution in [0.5, 0.6) is 0 Å². The van der Waals surface area contributed by atoms with Gasteiger partial charge in [0, 0.05) is 24.8 Å². The van der Waals surface area contributed by atoms with E-state index in [1.165, 1.54) is 0 Å². The summed E-state index contributed by atoms with van der Waals surface area (Å²) in [6.07, 6.45) is 3.62. The van der Waals surface area contributed by atoms with Crippen molar-refractivity contribution in [1.29, 1.82) is 0 Å². The Morgan fingerprint density at radius 3 is 2.43 bits per heavy atom. The Morgan fingerprint density at radius 2 is 1.83 bits per heavy atom. The monoisotopic (exact) mass is 309 g/mol. The molecule has 1 amide bonds. The van der Waals surface area contributed by atoms with Crippen LogP contribution in [0.1, 0.15) is 15.9 Å². The second-order valence-electron chi connectivity index (χ2n) is 5.36. The highest BCUT2D eigenvalue weighted by Crippen LogP contribution is 2.12. The molecule has 1 saturated heterocycles. The number of primary amides is 1. The van der Waals surface area contributed by atoms with Crippen LogP contribution < -0.4 is 10.6 Å². The van der Waals surface area contributed by atoms with E-state index in [0.29, 0.717) is 5.56 Å². The van der Waals surface area contributed by atoms with Gasteiger partial charge in [-0.25, -0.2) is 4.98 Å². The van der Waals surface area contributed by atoms with Crippen molar-refractivity contribution in [3.05, 3.63) is 59.8 Å². The van der Waals surface area contributed by atoms with Gasteiger partial charge in [0.15, 0.2) is 0 Å². The third-order valence-corrected chi connectivity index (χ3v) is 3.79. The minimum atomic E-state index is -0.417. The van der Waals surface area contributed by atoms with Crippen molar-refractivity contribution in [2.24, 2.45) is 10.8 Å². The van der Waals surface area contributed by atoms with E-state index in [9.17, 15) is 4.79 Å². The predicted octanol–water partition coefficient (Wildman–Crippen LogP) is 1.34. The Labute approximate surface area is 135 Å². The Hall–Kier alpha value is -2.89. The lowest BCUT2D eigenvalue weighted by Gasteiger charge is -2.33. The van der Waals surface area contributed by atoms with Crippen LogP contribution in [0, 0.1) is 0 Å². The van der Waals surface area contributed by atoms with Crippen LogP contribution in [0.3, 0.4) is 0 Å². The maximum atomic E-state index is 11.0. The molecule has 0 bridgehead atoms. The van der Waals surface area contributed by atoms with E-state index in [1.807, 2.05) is 41.5 Å². The number of amides is 1. The molecule has 6 heteroatoms. The first-order valence-corrected chi connectivity index (χ1v) is 7.57. The molecule has 0 spiro atoms. The summed E-state index contributed by atoms with van der Waals surface area (Å²) in [6, 6.07) is 13.1. The van der Waals surface area contributed by atoms with Gasteiger partial charge in [-0.3, -0.25) is 9.80 Å². The quantitative estimate of drug-likeness (QED) is 0.865. The summed E-state index contributed by atoms with van der Waals surface area (Å²) in [5, 5.41) is 6.54. The molecule has 0 unspecified atom stereocenters. The van der Waals surface area contributed by atoms with Gasteiger partial charge in [-0.1, -0.05) is 18.2 Å². The normalized spacial score (nSPS) is 15.1. The van der Waals surface area contributed by atoms with E-state index in [2.05, 4.69) is 15.0 Å². The molecule has 118 valence electrons. The predicted molar refractivity (Wildman–Crippen MR) is 90.6 cm³/mol. The summed E-state index contributed by atoms with van der Waals surface area (Å²) in [4.78, 5) is 17.7. The molecule has 0 saturated carbocycles. The van der Waals surface area contributed by atoms with Gasteiger partial charge in [0.05, 0.1) is 19.3 Å². The third-order valence-electron chi connectivity index (χ3n) is 3.79. The number of anilines is 1. The van der Waals surface area contributed by atoms with E-state index in [0.717, 1.165) is 37.6 Å². The molecule has 2 aromatic rings. The summed E-state index contributed by atoms with van der Waals surface area (Å²) in [6.45, 7) is 3.50. The molecular formula is C17H19N5O. The molecule has 1 aliphatic rings. The Bertz CT molecular complexity index is 676. The molecule has 1 aromatic carbocycles. The lowest BCUT2D eigenvalue weighted by molar-refractivity contribution is 0.100. The topological polar surface area (TPSA) is 74.8 Å². The molecule has 0 aliphatic carbocycles. The number of hydrogen-bond acceptors (Lipinski definition) is 5. The molecule has 1 fully saturated rings. The first-order valence-electron chi connectivity index (χ1n) is 7.57. The van der Waals surface area contributed by atoms with Crippen LogP contribution in [-0.4, -0.2) is 48.3 Å². The zero-order chi connectivity index (χ0) is 16.1. The Kier molecular flexibility index (Phi) is 4.52. The van der Waals surface area contributed by atoms with Gasteiger partial charge < -0.3 is 10.6 Å². The SMILES string of the molecule is NC(=O)c1ccc(C=NN2CCN(c3ccccn3)CC2)cc1. The fourth-order valence-corrected chi connectivity index (χ4v) is 2.46. The van der Waals surface area contributed by atoms with Crippen LogP contribution in [0.4, 0.5) is 5.82 Å². The van der Waals surface area contributed by atoms with Crippen molar-refractivity contribution in [2.75, 3.05) is 31.1 Å². The Morgan fingerprint density at radius 1 is 1.09 bits per heavy atom. The van der Waals surface area contributed by atoms with Crippen molar-refractivity contribution in [2.45, 2.75) is 0 Å². The third kappa shape index (κ3) is 3.85. The summed E-state index contributed by atoms with van der Waals surface area (Å²) in [5.41, 5.74) is 6.68. The van der Waals surface area contributed by atoms with Crippen LogP contribution in [0.2, 0.25) is 0 Å². The van der Waals surface area contributed by atoms with E-state index in [-0.39, 0.29) is 0 Å². The maximum Gasteiger partial charge on any atom is 0.248 e. The molecule has 0 radical (unpaired) electrons. The van der Waals surface area contributed by atoms with Crippen molar-refractivity contribution in [3.63, 3.8) is 0 Å². The van der Waals surface area contributed by atoms with Gasteiger partial charge in [-0.2, -0.15) is 5.10 Å². The number of benzene rings is 1. The maximum absolute atomic E-state index is 11.0. The second kappa shape index (κ2) is 6.91. The van der Waals surface area contributed by atoms with Gasteiger partial charge in [-0.05, 0) is 29.8 Å².